The van der Waals surface area contributed by atoms with Crippen LogP contribution in [0, 0.1) is 29.4 Å². The minimum Gasteiger partial charge on any atom is -0.207 e. The molecule has 0 N–H and O–H groups in total. The van der Waals surface area contributed by atoms with Gasteiger partial charge in [-0.15, -0.1) is 0 Å². The molecule has 0 heterocycles. The first-order valence-electron chi connectivity index (χ1n) is 13.3. The predicted octanol–water partition coefficient (Wildman–Crippen LogP) is 9.42. The molecule has 1 atom stereocenters. The number of benzene rings is 2. The topological polar surface area (TPSA) is 0 Å². The second-order valence-corrected chi connectivity index (χ2v) is 11.1. The number of rotatable bonds is 4. The fourth-order valence-electron chi connectivity index (χ4n) is 6.83. The molecule has 2 saturated carbocycles. The monoisotopic (exact) mass is 448 g/mol. The standard InChI is InChI=1S/C31H38F2/c1-21-2-4-26(5-3-21)28-16-19-30(31(33)20-28)27-12-10-24(11-13-27)22-6-8-23(9-7-22)25-14-17-29(32)18-15-25/h12,14-24,26H,2-11,13H2,1H3. The van der Waals surface area contributed by atoms with Gasteiger partial charge in [-0.1, -0.05) is 50.1 Å². The zero-order valence-corrected chi connectivity index (χ0v) is 20.0. The van der Waals surface area contributed by atoms with Crippen molar-refractivity contribution in [3.8, 4) is 0 Å². The molecule has 2 aromatic carbocycles. The van der Waals surface area contributed by atoms with Crippen molar-refractivity contribution >= 4 is 5.57 Å². The van der Waals surface area contributed by atoms with E-state index in [0.29, 0.717) is 11.8 Å². The Labute approximate surface area is 198 Å². The Bertz CT molecular complexity index is 957. The molecule has 1 unspecified atom stereocenters. The van der Waals surface area contributed by atoms with Crippen LogP contribution < -0.4 is 0 Å². The summed E-state index contributed by atoms with van der Waals surface area (Å²) in [4.78, 5) is 0. The second kappa shape index (κ2) is 10.1. The van der Waals surface area contributed by atoms with Crippen molar-refractivity contribution in [1.82, 2.24) is 0 Å². The molecule has 0 aromatic heterocycles. The van der Waals surface area contributed by atoms with E-state index in [4.69, 9.17) is 0 Å². The first-order valence-corrected chi connectivity index (χ1v) is 13.3. The van der Waals surface area contributed by atoms with Crippen LogP contribution in [0.5, 0.6) is 0 Å². The molecular formula is C31H38F2. The zero-order valence-electron chi connectivity index (χ0n) is 20.0. The van der Waals surface area contributed by atoms with Crippen LogP contribution in [0.25, 0.3) is 5.57 Å². The van der Waals surface area contributed by atoms with Gasteiger partial charge in [0.15, 0.2) is 0 Å². The van der Waals surface area contributed by atoms with Gasteiger partial charge in [-0.25, -0.2) is 8.78 Å². The third-order valence-corrected chi connectivity index (χ3v) is 9.06. The lowest BCUT2D eigenvalue weighted by atomic mass is 9.70. The number of hydrogen-bond acceptors (Lipinski definition) is 0. The van der Waals surface area contributed by atoms with Crippen LogP contribution in [-0.2, 0) is 0 Å². The Hall–Kier alpha value is -1.96. The predicted molar refractivity (Wildman–Crippen MR) is 133 cm³/mol. The number of halogens is 2. The van der Waals surface area contributed by atoms with Gasteiger partial charge in [0.2, 0.25) is 0 Å². The van der Waals surface area contributed by atoms with Gasteiger partial charge < -0.3 is 0 Å². The lowest BCUT2D eigenvalue weighted by molar-refractivity contribution is 0.220. The fraction of sp³-hybridized carbons (Fsp3) is 0.548. The van der Waals surface area contributed by atoms with Crippen LogP contribution in [-0.4, -0.2) is 0 Å². The van der Waals surface area contributed by atoms with E-state index in [1.807, 2.05) is 18.2 Å². The largest absolute Gasteiger partial charge is 0.207 e. The van der Waals surface area contributed by atoms with Crippen molar-refractivity contribution in [3.63, 3.8) is 0 Å². The Morgan fingerprint density at radius 1 is 0.667 bits per heavy atom. The van der Waals surface area contributed by atoms with Crippen LogP contribution in [0.3, 0.4) is 0 Å². The average molecular weight is 449 g/mol. The van der Waals surface area contributed by atoms with Crippen LogP contribution in [0.4, 0.5) is 8.78 Å². The van der Waals surface area contributed by atoms with E-state index < -0.39 is 0 Å². The molecular weight excluding hydrogens is 410 g/mol. The van der Waals surface area contributed by atoms with Gasteiger partial charge in [-0.2, -0.15) is 0 Å². The quantitative estimate of drug-likeness (QED) is 0.437. The highest BCUT2D eigenvalue weighted by Gasteiger charge is 2.30. The summed E-state index contributed by atoms with van der Waals surface area (Å²) >= 11 is 0. The van der Waals surface area contributed by atoms with Crippen molar-refractivity contribution in [2.75, 3.05) is 0 Å². The molecule has 2 aromatic rings. The Balaban J connectivity index is 1.17. The highest BCUT2D eigenvalue weighted by atomic mass is 19.1. The number of allylic oxidation sites excluding steroid dienone is 2. The van der Waals surface area contributed by atoms with E-state index in [9.17, 15) is 4.39 Å². The summed E-state index contributed by atoms with van der Waals surface area (Å²) in [5.74, 6) is 3.29. The van der Waals surface area contributed by atoms with Gasteiger partial charge in [0.25, 0.3) is 0 Å². The van der Waals surface area contributed by atoms with Gasteiger partial charge >= 0.3 is 0 Å². The van der Waals surface area contributed by atoms with E-state index in [1.54, 1.807) is 12.1 Å². The fourth-order valence-corrected chi connectivity index (χ4v) is 6.83. The summed E-state index contributed by atoms with van der Waals surface area (Å²) in [6.07, 6.45) is 15.5. The molecule has 3 aliphatic carbocycles. The van der Waals surface area contributed by atoms with Crippen LogP contribution in [0.1, 0.15) is 106 Å². The van der Waals surface area contributed by atoms with Crippen LogP contribution >= 0.6 is 0 Å². The highest BCUT2D eigenvalue weighted by Crippen LogP contribution is 2.44. The third-order valence-electron chi connectivity index (χ3n) is 9.06. The minimum atomic E-state index is -0.146. The third kappa shape index (κ3) is 5.26. The van der Waals surface area contributed by atoms with E-state index in [1.165, 1.54) is 74.5 Å². The van der Waals surface area contributed by atoms with Gasteiger partial charge in [0.1, 0.15) is 11.6 Å². The van der Waals surface area contributed by atoms with Crippen LogP contribution in [0.15, 0.2) is 48.5 Å². The summed E-state index contributed by atoms with van der Waals surface area (Å²) in [5.41, 5.74) is 4.55. The van der Waals surface area contributed by atoms with Gasteiger partial charge in [-0.05, 0) is 122 Å². The van der Waals surface area contributed by atoms with Crippen molar-refractivity contribution in [1.29, 1.82) is 0 Å². The molecule has 3 aliphatic rings. The molecule has 5 rings (SSSR count). The lowest BCUT2D eigenvalue weighted by Gasteiger charge is -2.35. The molecule has 0 amide bonds. The first kappa shape index (κ1) is 22.8. The molecule has 0 nitrogen and oxygen atoms in total. The summed E-state index contributed by atoms with van der Waals surface area (Å²) in [6.45, 7) is 2.33. The maximum Gasteiger partial charge on any atom is 0.130 e. The smallest absolute Gasteiger partial charge is 0.130 e. The molecule has 0 aliphatic heterocycles. The van der Waals surface area contributed by atoms with E-state index >= 15 is 4.39 Å². The molecule has 0 saturated heterocycles. The summed E-state index contributed by atoms with van der Waals surface area (Å²) in [6, 6.07) is 13.2. The molecule has 33 heavy (non-hydrogen) atoms. The molecule has 0 spiro atoms. The van der Waals surface area contributed by atoms with E-state index in [2.05, 4.69) is 25.1 Å². The van der Waals surface area contributed by atoms with Gasteiger partial charge in [0.05, 0.1) is 0 Å². The molecule has 0 bridgehead atoms. The summed E-state index contributed by atoms with van der Waals surface area (Å²) in [5, 5.41) is 0. The zero-order chi connectivity index (χ0) is 22.8. The van der Waals surface area contributed by atoms with E-state index in [-0.39, 0.29) is 11.6 Å². The van der Waals surface area contributed by atoms with Crippen molar-refractivity contribution in [2.45, 2.75) is 89.4 Å². The minimum absolute atomic E-state index is 0.0179. The van der Waals surface area contributed by atoms with Crippen LogP contribution in [0.2, 0.25) is 0 Å². The second-order valence-electron chi connectivity index (χ2n) is 11.1. The van der Waals surface area contributed by atoms with Gasteiger partial charge in [-0.3, -0.25) is 0 Å². The molecule has 0 radical (unpaired) electrons. The maximum absolute atomic E-state index is 15.1. The summed E-state index contributed by atoms with van der Waals surface area (Å²) in [7, 11) is 0. The lowest BCUT2D eigenvalue weighted by Crippen LogP contribution is -2.22. The average Bonchev–Trinajstić information content (AvgIpc) is 2.85. The Kier molecular flexibility index (Phi) is 6.99. The normalized spacial score (nSPS) is 30.6. The SMILES string of the molecule is CC1CCC(c2ccc(C3=CCC(C4CCC(c5ccc(F)cc5)CC4)CC3)c(F)c2)CC1. The summed E-state index contributed by atoms with van der Waals surface area (Å²) < 4.78 is 28.3. The maximum atomic E-state index is 15.1. The molecule has 2 fully saturated rings. The van der Waals surface area contributed by atoms with E-state index in [0.717, 1.165) is 36.2 Å². The van der Waals surface area contributed by atoms with Crippen molar-refractivity contribution in [3.05, 3.63) is 76.9 Å². The number of hydrogen-bond donors (Lipinski definition) is 0. The van der Waals surface area contributed by atoms with Crippen molar-refractivity contribution < 1.29 is 8.78 Å². The van der Waals surface area contributed by atoms with Gasteiger partial charge in [0, 0.05) is 5.56 Å². The first-order chi connectivity index (χ1) is 16.1. The molecule has 2 heteroatoms. The highest BCUT2D eigenvalue weighted by molar-refractivity contribution is 5.67. The Morgan fingerprint density at radius 2 is 1.30 bits per heavy atom. The molecule has 176 valence electrons. The van der Waals surface area contributed by atoms with Crippen molar-refractivity contribution in [2.24, 2.45) is 17.8 Å². The Morgan fingerprint density at radius 3 is 1.94 bits per heavy atom.